The number of rotatable bonds is 4. The Kier molecular flexibility index (Phi) is 4.67. The van der Waals surface area contributed by atoms with Crippen LogP contribution in [0.4, 0.5) is 8.78 Å². The van der Waals surface area contributed by atoms with E-state index in [1.807, 2.05) is 27.7 Å². The SMILES string of the molecule is CC1(C)OC(=O)c2c(OCC(F)F)ccc(B3OC(C)(C)C(C)(C)O3)c2O1. The van der Waals surface area contributed by atoms with E-state index in [0.717, 1.165) is 0 Å². The molecule has 0 bridgehead atoms. The number of benzene rings is 1. The molecule has 1 aromatic carbocycles. The van der Waals surface area contributed by atoms with Crippen molar-refractivity contribution < 1.29 is 37.1 Å². The van der Waals surface area contributed by atoms with Crippen LogP contribution >= 0.6 is 0 Å². The van der Waals surface area contributed by atoms with E-state index in [4.69, 9.17) is 23.5 Å². The van der Waals surface area contributed by atoms with Gasteiger partial charge in [0.15, 0.2) is 0 Å². The fraction of sp³-hybridized carbons (Fsp3) is 0.611. The molecular formula is C18H23BF2O6. The summed E-state index contributed by atoms with van der Waals surface area (Å²) in [6.45, 7) is 9.91. The van der Waals surface area contributed by atoms with Gasteiger partial charge < -0.3 is 23.5 Å². The average Bonchev–Trinajstić information content (AvgIpc) is 2.71. The van der Waals surface area contributed by atoms with Crippen molar-refractivity contribution in [1.29, 1.82) is 0 Å². The Morgan fingerprint density at radius 3 is 2.19 bits per heavy atom. The first-order chi connectivity index (χ1) is 12.3. The molecular weight excluding hydrogens is 361 g/mol. The van der Waals surface area contributed by atoms with Crippen LogP contribution in [0.3, 0.4) is 0 Å². The molecule has 0 aliphatic carbocycles. The molecule has 1 aromatic rings. The van der Waals surface area contributed by atoms with Crippen LogP contribution in [0, 0.1) is 0 Å². The number of halogens is 2. The summed E-state index contributed by atoms with van der Waals surface area (Å²) < 4.78 is 53.4. The molecule has 0 unspecified atom stereocenters. The van der Waals surface area contributed by atoms with Gasteiger partial charge in [-0.3, -0.25) is 0 Å². The monoisotopic (exact) mass is 384 g/mol. The number of ether oxygens (including phenoxy) is 3. The minimum atomic E-state index is -2.68. The molecule has 0 N–H and O–H groups in total. The van der Waals surface area contributed by atoms with Gasteiger partial charge in [-0.2, -0.15) is 0 Å². The van der Waals surface area contributed by atoms with Gasteiger partial charge in [-0.25, -0.2) is 13.6 Å². The second-order valence-electron chi connectivity index (χ2n) is 8.04. The second-order valence-corrected chi connectivity index (χ2v) is 8.04. The molecule has 27 heavy (non-hydrogen) atoms. The van der Waals surface area contributed by atoms with Crippen molar-refractivity contribution in [3.8, 4) is 11.5 Å². The minimum absolute atomic E-state index is 0.0360. The van der Waals surface area contributed by atoms with E-state index in [2.05, 4.69) is 0 Å². The number of carbonyl (C=O) groups excluding carboxylic acids is 1. The molecule has 2 aliphatic heterocycles. The van der Waals surface area contributed by atoms with E-state index in [9.17, 15) is 13.6 Å². The molecule has 0 atom stereocenters. The number of cyclic esters (lactones) is 1. The molecule has 9 heteroatoms. The third-order valence-electron chi connectivity index (χ3n) is 4.91. The zero-order valence-corrected chi connectivity index (χ0v) is 16.2. The average molecular weight is 384 g/mol. The summed E-state index contributed by atoms with van der Waals surface area (Å²) in [5.74, 6) is -1.83. The van der Waals surface area contributed by atoms with E-state index in [0.29, 0.717) is 5.46 Å². The van der Waals surface area contributed by atoms with Crippen molar-refractivity contribution >= 4 is 18.6 Å². The summed E-state index contributed by atoms with van der Waals surface area (Å²) in [5, 5.41) is 0. The highest BCUT2D eigenvalue weighted by Crippen LogP contribution is 2.40. The molecule has 148 valence electrons. The van der Waals surface area contributed by atoms with Crippen LogP contribution in [0.1, 0.15) is 51.9 Å². The smallest absolute Gasteiger partial charge is 0.487 e. The van der Waals surface area contributed by atoms with Gasteiger partial charge in [0.25, 0.3) is 6.43 Å². The molecule has 2 heterocycles. The third-order valence-corrected chi connectivity index (χ3v) is 4.91. The first-order valence-corrected chi connectivity index (χ1v) is 8.69. The number of hydrogen-bond donors (Lipinski definition) is 0. The normalized spacial score (nSPS) is 22.3. The van der Waals surface area contributed by atoms with E-state index < -0.39 is 43.1 Å². The van der Waals surface area contributed by atoms with Gasteiger partial charge in [0.05, 0.1) is 11.2 Å². The van der Waals surface area contributed by atoms with Crippen LogP contribution in [0.15, 0.2) is 12.1 Å². The number of fused-ring (bicyclic) bond motifs is 1. The Morgan fingerprint density at radius 2 is 1.63 bits per heavy atom. The zero-order chi connectivity index (χ0) is 20.2. The van der Waals surface area contributed by atoms with Gasteiger partial charge in [0.2, 0.25) is 5.79 Å². The van der Waals surface area contributed by atoms with E-state index in [1.165, 1.54) is 6.07 Å². The van der Waals surface area contributed by atoms with E-state index in [-0.39, 0.29) is 17.1 Å². The summed E-state index contributed by atoms with van der Waals surface area (Å²) in [5.41, 5.74) is -0.778. The summed E-state index contributed by atoms with van der Waals surface area (Å²) in [6.07, 6.45) is -2.68. The lowest BCUT2D eigenvalue weighted by atomic mass is 9.77. The first-order valence-electron chi connectivity index (χ1n) is 8.69. The Bertz CT molecular complexity index is 746. The lowest BCUT2D eigenvalue weighted by molar-refractivity contribution is -0.127. The number of esters is 1. The van der Waals surface area contributed by atoms with Gasteiger partial charge in [0, 0.05) is 19.3 Å². The highest BCUT2D eigenvalue weighted by molar-refractivity contribution is 6.63. The fourth-order valence-corrected chi connectivity index (χ4v) is 2.85. The lowest BCUT2D eigenvalue weighted by Gasteiger charge is -2.34. The highest BCUT2D eigenvalue weighted by Gasteiger charge is 2.53. The summed E-state index contributed by atoms with van der Waals surface area (Å²) in [6, 6.07) is 3.01. The maximum absolute atomic E-state index is 12.6. The number of hydrogen-bond acceptors (Lipinski definition) is 6. The third kappa shape index (κ3) is 3.62. The minimum Gasteiger partial charge on any atom is -0.487 e. The van der Waals surface area contributed by atoms with Crippen LogP contribution in [-0.4, -0.2) is 43.1 Å². The lowest BCUT2D eigenvalue weighted by Crippen LogP contribution is -2.45. The van der Waals surface area contributed by atoms with Gasteiger partial charge in [0.1, 0.15) is 23.7 Å². The Balaban J connectivity index is 2.06. The molecule has 1 fully saturated rings. The standard InChI is InChI=1S/C18H23BF2O6/c1-16(2)17(3,4)27-19(26-16)10-7-8-11(23-9-12(20)21)13-14(10)24-18(5,6)25-15(13)22/h7-8,12H,9H2,1-6H3. The molecule has 0 saturated carbocycles. The van der Waals surface area contributed by atoms with Crippen molar-refractivity contribution in [3.63, 3.8) is 0 Å². The second kappa shape index (κ2) is 6.34. The maximum Gasteiger partial charge on any atom is 0.498 e. The molecule has 0 aromatic heterocycles. The van der Waals surface area contributed by atoms with Crippen molar-refractivity contribution in [1.82, 2.24) is 0 Å². The van der Waals surface area contributed by atoms with Crippen LogP contribution in [0.25, 0.3) is 0 Å². The number of carbonyl (C=O) groups is 1. The molecule has 3 rings (SSSR count). The zero-order valence-electron chi connectivity index (χ0n) is 16.2. The van der Waals surface area contributed by atoms with Gasteiger partial charge >= 0.3 is 13.1 Å². The first kappa shape index (κ1) is 19.9. The topological polar surface area (TPSA) is 63.2 Å². The fourth-order valence-electron chi connectivity index (χ4n) is 2.85. The van der Waals surface area contributed by atoms with Crippen molar-refractivity contribution in [2.45, 2.75) is 65.0 Å². The predicted molar refractivity (Wildman–Crippen MR) is 93.8 cm³/mol. The van der Waals surface area contributed by atoms with Gasteiger partial charge in [-0.05, 0) is 33.8 Å². The van der Waals surface area contributed by atoms with Crippen LogP contribution in [0.5, 0.6) is 11.5 Å². The highest BCUT2D eigenvalue weighted by atomic mass is 19.3. The van der Waals surface area contributed by atoms with Crippen LogP contribution < -0.4 is 14.9 Å². The van der Waals surface area contributed by atoms with Crippen LogP contribution in [0.2, 0.25) is 0 Å². The Morgan fingerprint density at radius 1 is 1.04 bits per heavy atom. The van der Waals surface area contributed by atoms with Crippen molar-refractivity contribution in [2.75, 3.05) is 6.61 Å². The molecule has 2 aliphatic rings. The van der Waals surface area contributed by atoms with Crippen LogP contribution in [-0.2, 0) is 14.0 Å². The Labute approximate surface area is 157 Å². The summed E-state index contributed by atoms with van der Waals surface area (Å²) in [4.78, 5) is 12.5. The largest absolute Gasteiger partial charge is 0.498 e. The molecule has 0 spiro atoms. The summed E-state index contributed by atoms with van der Waals surface area (Å²) in [7, 11) is -0.797. The molecule has 1 saturated heterocycles. The van der Waals surface area contributed by atoms with Crippen molar-refractivity contribution in [2.24, 2.45) is 0 Å². The maximum atomic E-state index is 12.6. The predicted octanol–water partition coefficient (Wildman–Crippen LogP) is 2.92. The van der Waals surface area contributed by atoms with Crippen molar-refractivity contribution in [3.05, 3.63) is 17.7 Å². The van der Waals surface area contributed by atoms with Gasteiger partial charge in [-0.15, -0.1) is 0 Å². The molecule has 0 amide bonds. The van der Waals surface area contributed by atoms with E-state index >= 15 is 0 Å². The van der Waals surface area contributed by atoms with E-state index in [1.54, 1.807) is 19.9 Å². The van der Waals surface area contributed by atoms with Gasteiger partial charge in [-0.1, -0.05) is 6.07 Å². The molecule has 0 radical (unpaired) electrons. The summed E-state index contributed by atoms with van der Waals surface area (Å²) >= 11 is 0. The Hall–Kier alpha value is -1.87. The quantitative estimate of drug-likeness (QED) is 0.588. The number of alkyl halides is 2. The molecule has 6 nitrogen and oxygen atoms in total.